The first-order valence-corrected chi connectivity index (χ1v) is 17.6. The number of nitrogens with one attached hydrogen (secondary N) is 2. The number of amides is 3. The van der Waals surface area contributed by atoms with Gasteiger partial charge in [-0.1, -0.05) is 39.0 Å². The Morgan fingerprint density at radius 3 is 2.42 bits per heavy atom. The van der Waals surface area contributed by atoms with Gasteiger partial charge in [-0.2, -0.15) is 5.06 Å². The Hall–Kier alpha value is -3.87. The number of nitrogens with zero attached hydrogens (tertiary/aromatic N) is 3. The molecule has 1 saturated heterocycles. The molecule has 0 aromatic heterocycles. The maximum atomic E-state index is 14.5. The third kappa shape index (κ3) is 7.02. The number of hydrogen-bond donors (Lipinski definition) is 3. The van der Waals surface area contributed by atoms with Gasteiger partial charge in [-0.05, 0) is 66.7 Å². The van der Waals surface area contributed by atoms with Crippen molar-refractivity contribution in [2.24, 2.45) is 34.8 Å². The van der Waals surface area contributed by atoms with Crippen LogP contribution in [-0.4, -0.2) is 101 Å². The first-order valence-electron chi connectivity index (χ1n) is 17.6. The Kier molecular flexibility index (Phi) is 11.0. The first kappa shape index (κ1) is 37.4. The van der Waals surface area contributed by atoms with E-state index < -0.39 is 30.3 Å². The van der Waals surface area contributed by atoms with Crippen molar-refractivity contribution in [3.8, 4) is 16.9 Å². The van der Waals surface area contributed by atoms with Crippen LogP contribution in [0.5, 0.6) is 5.75 Å². The topological polar surface area (TPSA) is 139 Å². The summed E-state index contributed by atoms with van der Waals surface area (Å²) in [6.07, 6.45) is 0.389. The Labute approximate surface area is 296 Å². The van der Waals surface area contributed by atoms with E-state index in [2.05, 4.69) is 31.4 Å². The summed E-state index contributed by atoms with van der Waals surface area (Å²) in [5, 5.41) is 7.81. The van der Waals surface area contributed by atoms with Gasteiger partial charge < -0.3 is 35.6 Å². The summed E-state index contributed by atoms with van der Waals surface area (Å²) in [6, 6.07) is 10.8. The number of hydrogen-bond acceptors (Lipinski definition) is 9. The van der Waals surface area contributed by atoms with Gasteiger partial charge >= 0.3 is 6.09 Å². The molecule has 0 unspecified atom stereocenters. The minimum atomic E-state index is -0.794. The van der Waals surface area contributed by atoms with Crippen molar-refractivity contribution in [3.63, 3.8) is 0 Å². The van der Waals surface area contributed by atoms with Crippen molar-refractivity contribution in [3.05, 3.63) is 47.5 Å². The molecule has 6 rings (SSSR count). The standard InChI is InChI=1S/C38H56N6O6/c1-21-29-17-26(38(29,3)4)18-30(21)41-36(46)33-32(22(2)49-37(47)43(8)9)31(19-39)50-44(33)20-23-12-11-13-28(34(23)48-10)24-14-25(35(45)40-5)16-27(15-24)42(6)7/h11-16,21-22,26,29-33H,17-20,39H2,1-10H3,(H,40,45)(H,41,46)/t21-,22-,26+,29+,30-,31-,32+,33-/m0/s1. The second-order valence-electron chi connectivity index (χ2n) is 15.3. The smallest absolute Gasteiger partial charge is 0.409 e. The molecule has 4 aliphatic rings. The van der Waals surface area contributed by atoms with Gasteiger partial charge in [0.2, 0.25) is 5.91 Å². The van der Waals surface area contributed by atoms with Crippen molar-refractivity contribution < 1.29 is 28.7 Å². The molecule has 8 atom stereocenters. The summed E-state index contributed by atoms with van der Waals surface area (Å²) in [5.41, 5.74) is 10.3. The molecular weight excluding hydrogens is 636 g/mol. The molecule has 4 N–H and O–H groups in total. The highest BCUT2D eigenvalue weighted by Crippen LogP contribution is 2.61. The lowest BCUT2D eigenvalue weighted by atomic mass is 9.45. The summed E-state index contributed by atoms with van der Waals surface area (Å²) in [7, 11) is 10.3. The van der Waals surface area contributed by atoms with Gasteiger partial charge in [-0.3, -0.25) is 14.4 Å². The number of benzene rings is 2. The lowest BCUT2D eigenvalue weighted by Gasteiger charge is -2.62. The summed E-state index contributed by atoms with van der Waals surface area (Å²) >= 11 is 0. The highest BCUT2D eigenvalue weighted by atomic mass is 16.7. The molecule has 12 heteroatoms. The molecule has 3 amide bonds. The van der Waals surface area contributed by atoms with E-state index in [0.29, 0.717) is 29.1 Å². The average Bonchev–Trinajstić information content (AvgIpc) is 3.46. The minimum Gasteiger partial charge on any atom is -0.496 e. The van der Waals surface area contributed by atoms with Crippen molar-refractivity contribution in [1.82, 2.24) is 20.6 Å². The number of carbonyl (C=O) groups excluding carboxylic acids is 3. The minimum absolute atomic E-state index is 0.0367. The van der Waals surface area contributed by atoms with Crippen molar-refractivity contribution in [2.75, 3.05) is 53.8 Å². The van der Waals surface area contributed by atoms with Crippen LogP contribution in [0.2, 0.25) is 0 Å². The van der Waals surface area contributed by atoms with E-state index in [0.717, 1.165) is 28.8 Å². The van der Waals surface area contributed by atoms with Crippen LogP contribution in [0.25, 0.3) is 11.1 Å². The second kappa shape index (κ2) is 14.8. The van der Waals surface area contributed by atoms with Gasteiger partial charge in [0.25, 0.3) is 5.91 Å². The van der Waals surface area contributed by atoms with Gasteiger partial charge in [-0.15, -0.1) is 0 Å². The fraction of sp³-hybridized carbons (Fsp3) is 0.605. The van der Waals surface area contributed by atoms with E-state index in [1.165, 1.54) is 11.3 Å². The van der Waals surface area contributed by atoms with Crippen LogP contribution >= 0.6 is 0 Å². The number of carbonyl (C=O) groups is 3. The molecule has 12 nitrogen and oxygen atoms in total. The maximum Gasteiger partial charge on any atom is 0.409 e. The van der Waals surface area contributed by atoms with Crippen molar-refractivity contribution >= 4 is 23.6 Å². The third-order valence-corrected chi connectivity index (χ3v) is 11.6. The number of para-hydroxylation sites is 1. The largest absolute Gasteiger partial charge is 0.496 e. The van der Waals surface area contributed by atoms with E-state index in [1.54, 1.807) is 40.2 Å². The van der Waals surface area contributed by atoms with Gasteiger partial charge in [-0.25, -0.2) is 4.79 Å². The van der Waals surface area contributed by atoms with E-state index in [4.69, 9.17) is 20.0 Å². The van der Waals surface area contributed by atoms with Gasteiger partial charge in [0, 0.05) is 70.2 Å². The van der Waals surface area contributed by atoms with Crippen LogP contribution in [0.4, 0.5) is 10.5 Å². The summed E-state index contributed by atoms with van der Waals surface area (Å²) in [4.78, 5) is 49.7. The molecule has 1 aliphatic heterocycles. The van der Waals surface area contributed by atoms with Crippen LogP contribution in [0.15, 0.2) is 36.4 Å². The molecule has 50 heavy (non-hydrogen) atoms. The molecule has 2 bridgehead atoms. The molecule has 1 heterocycles. The van der Waals surface area contributed by atoms with Crippen LogP contribution in [0.1, 0.15) is 56.5 Å². The van der Waals surface area contributed by atoms with Crippen molar-refractivity contribution in [1.29, 1.82) is 0 Å². The highest BCUT2D eigenvalue weighted by molar-refractivity contribution is 5.97. The predicted octanol–water partition coefficient (Wildman–Crippen LogP) is 4.12. The first-order chi connectivity index (χ1) is 23.6. The van der Waals surface area contributed by atoms with Gasteiger partial charge in [0.05, 0.1) is 25.7 Å². The number of anilines is 1. The van der Waals surface area contributed by atoms with Crippen LogP contribution in [-0.2, 0) is 20.9 Å². The maximum absolute atomic E-state index is 14.5. The monoisotopic (exact) mass is 692 g/mol. The fourth-order valence-electron chi connectivity index (χ4n) is 8.50. The molecule has 4 fully saturated rings. The second-order valence-corrected chi connectivity index (χ2v) is 15.3. The van der Waals surface area contributed by atoms with E-state index in [9.17, 15) is 14.4 Å². The van der Waals surface area contributed by atoms with Crippen LogP contribution in [0.3, 0.4) is 0 Å². The molecule has 2 aromatic carbocycles. The highest BCUT2D eigenvalue weighted by Gasteiger charge is 2.57. The average molecular weight is 693 g/mol. The number of rotatable bonds is 11. The van der Waals surface area contributed by atoms with Gasteiger partial charge in [0.1, 0.15) is 17.9 Å². The molecule has 274 valence electrons. The summed E-state index contributed by atoms with van der Waals surface area (Å²) in [5.74, 6) is 1.15. The number of ether oxygens (including phenoxy) is 2. The number of fused-ring (bicyclic) bond motifs is 2. The Morgan fingerprint density at radius 1 is 1.12 bits per heavy atom. The van der Waals surface area contributed by atoms with Gasteiger partial charge in [0.15, 0.2) is 0 Å². The Balaban J connectivity index is 1.50. The van der Waals surface area contributed by atoms with E-state index >= 15 is 0 Å². The summed E-state index contributed by atoms with van der Waals surface area (Å²) < 4.78 is 11.9. The van der Waals surface area contributed by atoms with E-state index in [-0.39, 0.29) is 36.4 Å². The zero-order valence-corrected chi connectivity index (χ0v) is 31.3. The predicted molar refractivity (Wildman–Crippen MR) is 194 cm³/mol. The van der Waals surface area contributed by atoms with Crippen LogP contribution in [0, 0.1) is 29.1 Å². The number of hydroxylamine groups is 2. The molecule has 2 aromatic rings. The number of nitrogens with two attached hydrogens (primary N) is 1. The zero-order chi connectivity index (χ0) is 36.7. The molecular formula is C38H56N6O6. The quantitative estimate of drug-likeness (QED) is 0.318. The Morgan fingerprint density at radius 2 is 1.84 bits per heavy atom. The molecule has 3 saturated carbocycles. The number of methoxy groups -OCH3 is 1. The SMILES string of the molecule is CNC(=O)c1cc(-c2cccc(CN3O[C@@H](CN)[C@@H]([C@H](C)OC(=O)N(C)C)[C@H]3C(=O)N[C@H]3C[C@H]4C[C@H]([C@@H]3C)C4(C)C)c2OC)cc(N(C)C)c1. The molecule has 0 radical (unpaired) electrons. The van der Waals surface area contributed by atoms with E-state index in [1.807, 2.05) is 55.4 Å². The zero-order valence-electron chi connectivity index (χ0n) is 31.3. The third-order valence-electron chi connectivity index (χ3n) is 11.6. The lowest BCUT2D eigenvalue weighted by molar-refractivity contribution is -0.175. The fourth-order valence-corrected chi connectivity index (χ4v) is 8.50. The Bertz CT molecular complexity index is 1580. The molecule has 3 aliphatic carbocycles. The van der Waals surface area contributed by atoms with Crippen molar-refractivity contribution in [2.45, 2.75) is 71.4 Å². The normalized spacial score (nSPS) is 27.5. The molecule has 0 spiro atoms. The lowest BCUT2D eigenvalue weighted by Crippen LogP contribution is -2.62. The summed E-state index contributed by atoms with van der Waals surface area (Å²) in [6.45, 7) is 9.05. The van der Waals surface area contributed by atoms with Crippen LogP contribution < -0.4 is 26.0 Å².